The first kappa shape index (κ1) is 15.9. The first-order valence-corrected chi connectivity index (χ1v) is 7.72. The number of amides is 1. The van der Waals surface area contributed by atoms with E-state index in [1.807, 2.05) is 42.5 Å². The predicted molar refractivity (Wildman–Crippen MR) is 91.7 cm³/mol. The maximum atomic E-state index is 10.9. The number of benzene rings is 1. The summed E-state index contributed by atoms with van der Waals surface area (Å²) in [6.07, 6.45) is 3.79. The average Bonchev–Trinajstić information content (AvgIpc) is 3.06. The molecular formula is C18H19N5O. The summed E-state index contributed by atoms with van der Waals surface area (Å²) in [5.74, 6) is -0.315. The SMILES string of the molecule is NC(=O)Cc1ccc(CNCc2cc(-c3ccncc3)n[nH]2)cc1. The third-order valence-corrected chi connectivity index (χ3v) is 3.65. The lowest BCUT2D eigenvalue weighted by Crippen LogP contribution is -2.14. The van der Waals surface area contributed by atoms with Gasteiger partial charge < -0.3 is 11.1 Å². The van der Waals surface area contributed by atoms with Crippen LogP contribution in [0.2, 0.25) is 0 Å². The van der Waals surface area contributed by atoms with Crippen LogP contribution >= 0.6 is 0 Å². The smallest absolute Gasteiger partial charge is 0.221 e. The minimum Gasteiger partial charge on any atom is -0.369 e. The van der Waals surface area contributed by atoms with Gasteiger partial charge in [0.05, 0.1) is 12.1 Å². The zero-order chi connectivity index (χ0) is 16.8. The number of carbonyl (C=O) groups is 1. The third-order valence-electron chi connectivity index (χ3n) is 3.65. The Balaban J connectivity index is 1.52. The number of aromatic nitrogens is 3. The molecule has 0 saturated carbocycles. The molecule has 0 radical (unpaired) electrons. The first-order valence-electron chi connectivity index (χ1n) is 7.72. The van der Waals surface area contributed by atoms with Crippen molar-refractivity contribution in [3.8, 4) is 11.3 Å². The molecule has 0 aliphatic carbocycles. The van der Waals surface area contributed by atoms with Gasteiger partial charge in [0.25, 0.3) is 0 Å². The zero-order valence-electron chi connectivity index (χ0n) is 13.2. The van der Waals surface area contributed by atoms with Crippen molar-refractivity contribution in [2.24, 2.45) is 5.73 Å². The second-order valence-electron chi connectivity index (χ2n) is 5.58. The van der Waals surface area contributed by atoms with Crippen molar-refractivity contribution in [2.45, 2.75) is 19.5 Å². The number of nitrogens with zero attached hydrogens (tertiary/aromatic N) is 2. The molecule has 2 heterocycles. The van der Waals surface area contributed by atoms with Crippen LogP contribution in [0.15, 0.2) is 54.9 Å². The molecule has 122 valence electrons. The van der Waals surface area contributed by atoms with E-state index in [2.05, 4.69) is 20.5 Å². The van der Waals surface area contributed by atoms with Crippen molar-refractivity contribution in [1.29, 1.82) is 0 Å². The average molecular weight is 321 g/mol. The second-order valence-corrected chi connectivity index (χ2v) is 5.58. The molecule has 0 unspecified atom stereocenters. The van der Waals surface area contributed by atoms with Gasteiger partial charge in [0.2, 0.25) is 5.91 Å². The molecule has 0 aliphatic heterocycles. The Morgan fingerprint density at radius 3 is 2.46 bits per heavy atom. The molecule has 6 heteroatoms. The molecule has 0 bridgehead atoms. The summed E-state index contributed by atoms with van der Waals surface area (Å²) in [7, 11) is 0. The van der Waals surface area contributed by atoms with E-state index >= 15 is 0 Å². The molecule has 0 saturated heterocycles. The molecule has 0 spiro atoms. The van der Waals surface area contributed by atoms with E-state index in [1.54, 1.807) is 12.4 Å². The number of carbonyl (C=O) groups excluding carboxylic acids is 1. The summed E-state index contributed by atoms with van der Waals surface area (Å²) in [5, 5.41) is 10.7. The minimum atomic E-state index is -0.315. The van der Waals surface area contributed by atoms with E-state index in [0.29, 0.717) is 6.54 Å². The van der Waals surface area contributed by atoms with Crippen LogP contribution in [-0.2, 0) is 24.3 Å². The Morgan fingerprint density at radius 2 is 1.75 bits per heavy atom. The summed E-state index contributed by atoms with van der Waals surface area (Å²) in [6.45, 7) is 1.43. The Bertz CT molecular complexity index is 796. The van der Waals surface area contributed by atoms with Gasteiger partial charge in [-0.1, -0.05) is 24.3 Å². The number of hydrogen-bond acceptors (Lipinski definition) is 4. The normalized spacial score (nSPS) is 10.7. The maximum Gasteiger partial charge on any atom is 0.221 e. The van der Waals surface area contributed by atoms with Gasteiger partial charge >= 0.3 is 0 Å². The van der Waals surface area contributed by atoms with Crippen LogP contribution in [0.4, 0.5) is 0 Å². The fraction of sp³-hybridized carbons (Fsp3) is 0.167. The lowest BCUT2D eigenvalue weighted by atomic mass is 10.1. The lowest BCUT2D eigenvalue weighted by molar-refractivity contribution is -0.117. The van der Waals surface area contributed by atoms with Crippen LogP contribution in [0.25, 0.3) is 11.3 Å². The minimum absolute atomic E-state index is 0.277. The number of hydrogen-bond donors (Lipinski definition) is 3. The van der Waals surface area contributed by atoms with Gasteiger partial charge in [-0.25, -0.2) is 0 Å². The molecule has 24 heavy (non-hydrogen) atoms. The predicted octanol–water partition coefficient (Wildman–Crippen LogP) is 1.79. The Morgan fingerprint density at radius 1 is 1.04 bits per heavy atom. The van der Waals surface area contributed by atoms with E-state index in [-0.39, 0.29) is 12.3 Å². The van der Waals surface area contributed by atoms with Crippen LogP contribution < -0.4 is 11.1 Å². The summed E-state index contributed by atoms with van der Waals surface area (Å²) >= 11 is 0. The summed E-state index contributed by atoms with van der Waals surface area (Å²) < 4.78 is 0. The van der Waals surface area contributed by atoms with Gasteiger partial charge in [-0.05, 0) is 29.3 Å². The fourth-order valence-electron chi connectivity index (χ4n) is 2.44. The van der Waals surface area contributed by atoms with Gasteiger partial charge in [-0.15, -0.1) is 0 Å². The van der Waals surface area contributed by atoms with Crippen LogP contribution in [0.3, 0.4) is 0 Å². The summed E-state index contributed by atoms with van der Waals surface area (Å²) in [6, 6.07) is 13.8. The molecule has 1 aromatic carbocycles. The molecule has 0 aliphatic rings. The molecule has 0 atom stereocenters. The standard InChI is InChI=1S/C18H19N5O/c19-18(24)9-13-1-3-14(4-2-13)11-21-12-16-10-17(23-22-16)15-5-7-20-8-6-15/h1-8,10,21H,9,11-12H2,(H2,19,24)(H,22,23). The number of primary amides is 1. The number of nitrogens with one attached hydrogen (secondary N) is 2. The highest BCUT2D eigenvalue weighted by atomic mass is 16.1. The Labute approximate surface area is 140 Å². The fourth-order valence-corrected chi connectivity index (χ4v) is 2.44. The van der Waals surface area contributed by atoms with Crippen LogP contribution in [0.5, 0.6) is 0 Å². The van der Waals surface area contributed by atoms with Gasteiger partial charge in [-0.2, -0.15) is 5.10 Å². The maximum absolute atomic E-state index is 10.9. The largest absolute Gasteiger partial charge is 0.369 e. The first-order chi connectivity index (χ1) is 11.7. The quantitative estimate of drug-likeness (QED) is 0.618. The molecule has 2 aromatic heterocycles. The molecule has 0 fully saturated rings. The van der Waals surface area contributed by atoms with E-state index in [4.69, 9.17) is 5.73 Å². The number of nitrogens with two attached hydrogens (primary N) is 1. The lowest BCUT2D eigenvalue weighted by Gasteiger charge is -2.04. The third kappa shape index (κ3) is 4.27. The van der Waals surface area contributed by atoms with E-state index in [1.165, 1.54) is 0 Å². The molecule has 3 rings (SSSR count). The van der Waals surface area contributed by atoms with E-state index < -0.39 is 0 Å². The van der Waals surface area contributed by atoms with Crippen LogP contribution in [0.1, 0.15) is 16.8 Å². The van der Waals surface area contributed by atoms with Crippen LogP contribution in [-0.4, -0.2) is 21.1 Å². The number of rotatable bonds is 7. The highest BCUT2D eigenvalue weighted by molar-refractivity contribution is 5.76. The van der Waals surface area contributed by atoms with Crippen molar-refractivity contribution in [3.05, 3.63) is 71.7 Å². The van der Waals surface area contributed by atoms with Gasteiger partial charge in [0.1, 0.15) is 0 Å². The Hall–Kier alpha value is -2.99. The molecule has 3 aromatic rings. The van der Waals surface area contributed by atoms with Gasteiger partial charge in [0.15, 0.2) is 0 Å². The molecule has 4 N–H and O–H groups in total. The number of pyridine rings is 1. The number of H-pyrrole nitrogens is 1. The van der Waals surface area contributed by atoms with Gasteiger partial charge in [-0.3, -0.25) is 14.9 Å². The van der Waals surface area contributed by atoms with E-state index in [0.717, 1.165) is 34.6 Å². The second kappa shape index (κ2) is 7.52. The highest BCUT2D eigenvalue weighted by Gasteiger charge is 2.04. The monoisotopic (exact) mass is 321 g/mol. The summed E-state index contributed by atoms with van der Waals surface area (Å²) in [4.78, 5) is 14.9. The van der Waals surface area contributed by atoms with Gasteiger partial charge in [0, 0.05) is 36.7 Å². The molecular weight excluding hydrogens is 302 g/mol. The zero-order valence-corrected chi connectivity index (χ0v) is 13.2. The van der Waals surface area contributed by atoms with Crippen LogP contribution in [0, 0.1) is 0 Å². The topological polar surface area (TPSA) is 96.7 Å². The highest BCUT2D eigenvalue weighted by Crippen LogP contribution is 2.16. The molecule has 1 amide bonds. The summed E-state index contributed by atoms with van der Waals surface area (Å²) in [5.41, 5.74) is 10.2. The van der Waals surface area contributed by atoms with Crippen molar-refractivity contribution in [3.63, 3.8) is 0 Å². The molecule has 6 nitrogen and oxygen atoms in total. The van der Waals surface area contributed by atoms with Crippen molar-refractivity contribution >= 4 is 5.91 Å². The van der Waals surface area contributed by atoms with Crippen molar-refractivity contribution in [2.75, 3.05) is 0 Å². The van der Waals surface area contributed by atoms with Crippen molar-refractivity contribution < 1.29 is 4.79 Å². The van der Waals surface area contributed by atoms with Crippen molar-refractivity contribution in [1.82, 2.24) is 20.5 Å². The van der Waals surface area contributed by atoms with E-state index in [9.17, 15) is 4.79 Å². The Kier molecular flexibility index (Phi) is 4.98. The number of aromatic amines is 1.